The van der Waals surface area contributed by atoms with E-state index in [1.54, 1.807) is 6.92 Å². The number of nitrogens with zero attached hydrogens (tertiary/aromatic N) is 1. The highest BCUT2D eigenvalue weighted by atomic mass is 35.7. The molecule has 110 valence electrons. The van der Waals surface area contributed by atoms with Gasteiger partial charge in [-0.3, -0.25) is 10.1 Å². The number of halogens is 3. The first-order valence-corrected chi connectivity index (χ1v) is 7.72. The molecule has 0 radical (unpaired) electrons. The van der Waals surface area contributed by atoms with Crippen LogP contribution in [0, 0.1) is 15.9 Å². The third kappa shape index (κ3) is 4.06. The molecular formula is C10H8Cl2FNO5S. The van der Waals surface area contributed by atoms with Crippen LogP contribution in [-0.2, 0) is 9.05 Å². The van der Waals surface area contributed by atoms with E-state index < -0.39 is 36.1 Å². The average Bonchev–Trinajstić information content (AvgIpc) is 2.33. The van der Waals surface area contributed by atoms with Crippen molar-refractivity contribution in [3.63, 3.8) is 0 Å². The van der Waals surface area contributed by atoms with Crippen molar-refractivity contribution >= 4 is 37.0 Å². The highest BCUT2D eigenvalue weighted by molar-refractivity contribution is 8.13. The SMILES string of the molecule is C/C(=C\Cl)COc1cc(F)c(S(=O)(=O)Cl)cc1[N+](=O)[O-]. The molecule has 0 unspecified atom stereocenters. The van der Waals surface area contributed by atoms with Crippen molar-refractivity contribution in [1.82, 2.24) is 0 Å². The highest BCUT2D eigenvalue weighted by Crippen LogP contribution is 2.33. The number of nitro benzene ring substituents is 1. The first-order valence-electron chi connectivity index (χ1n) is 4.98. The summed E-state index contributed by atoms with van der Waals surface area (Å²) in [5.41, 5.74) is 1.02. The van der Waals surface area contributed by atoms with Gasteiger partial charge in [0.1, 0.15) is 17.3 Å². The van der Waals surface area contributed by atoms with E-state index >= 15 is 0 Å². The second kappa shape index (κ2) is 6.38. The molecule has 0 heterocycles. The Morgan fingerprint density at radius 1 is 1.55 bits per heavy atom. The quantitative estimate of drug-likeness (QED) is 0.465. The van der Waals surface area contributed by atoms with E-state index in [9.17, 15) is 22.9 Å². The molecule has 1 rings (SSSR count). The predicted molar refractivity (Wildman–Crippen MR) is 71.2 cm³/mol. The fourth-order valence-corrected chi connectivity index (χ4v) is 2.15. The number of nitro groups is 1. The summed E-state index contributed by atoms with van der Waals surface area (Å²) in [7, 11) is 0.548. The zero-order valence-electron chi connectivity index (χ0n) is 9.97. The van der Waals surface area contributed by atoms with E-state index in [0.29, 0.717) is 17.7 Å². The van der Waals surface area contributed by atoms with Crippen LogP contribution in [0.25, 0.3) is 0 Å². The van der Waals surface area contributed by atoms with Crippen LogP contribution < -0.4 is 4.74 Å². The van der Waals surface area contributed by atoms with Gasteiger partial charge in [0.05, 0.1) is 4.92 Å². The standard InChI is InChI=1S/C10H8Cl2FNO5S/c1-6(4-11)5-19-9-2-7(13)10(20(12,17)18)3-8(9)14(15)16/h2-4H,5H2,1H3/b6-4+. The first kappa shape index (κ1) is 16.7. The average molecular weight is 344 g/mol. The Balaban J connectivity index is 3.32. The summed E-state index contributed by atoms with van der Waals surface area (Å²) < 4.78 is 40.8. The molecule has 6 nitrogen and oxygen atoms in total. The fourth-order valence-electron chi connectivity index (χ4n) is 1.19. The van der Waals surface area contributed by atoms with Gasteiger partial charge in [0.2, 0.25) is 0 Å². The van der Waals surface area contributed by atoms with E-state index in [2.05, 4.69) is 0 Å². The molecule has 0 atom stereocenters. The minimum absolute atomic E-state index is 0.114. The molecule has 0 N–H and O–H groups in total. The summed E-state index contributed by atoms with van der Waals surface area (Å²) in [5, 5.41) is 10.9. The van der Waals surface area contributed by atoms with E-state index in [0.717, 1.165) is 0 Å². The Morgan fingerprint density at radius 3 is 2.60 bits per heavy atom. The van der Waals surface area contributed by atoms with Gasteiger partial charge in [-0.25, -0.2) is 12.8 Å². The van der Waals surface area contributed by atoms with Gasteiger partial charge in [0, 0.05) is 28.4 Å². The summed E-state index contributed by atoms with van der Waals surface area (Å²) in [4.78, 5) is 8.96. The number of hydrogen-bond donors (Lipinski definition) is 0. The normalized spacial score (nSPS) is 12.3. The lowest BCUT2D eigenvalue weighted by Crippen LogP contribution is -2.04. The van der Waals surface area contributed by atoms with E-state index in [4.69, 9.17) is 27.0 Å². The molecule has 0 aliphatic rings. The van der Waals surface area contributed by atoms with Gasteiger partial charge in [-0.2, -0.15) is 0 Å². The maximum Gasteiger partial charge on any atom is 0.312 e. The molecule has 0 fully saturated rings. The van der Waals surface area contributed by atoms with E-state index in [1.807, 2.05) is 0 Å². The maximum atomic E-state index is 13.6. The largest absolute Gasteiger partial charge is 0.482 e. The van der Waals surface area contributed by atoms with Crippen LogP contribution in [0.2, 0.25) is 0 Å². The summed E-state index contributed by atoms with van der Waals surface area (Å²) >= 11 is 5.39. The third-order valence-corrected chi connectivity index (χ3v) is 3.82. The smallest absolute Gasteiger partial charge is 0.312 e. The van der Waals surface area contributed by atoms with Crippen molar-refractivity contribution in [2.45, 2.75) is 11.8 Å². The van der Waals surface area contributed by atoms with Gasteiger partial charge in [-0.05, 0) is 12.5 Å². The summed E-state index contributed by atoms with van der Waals surface area (Å²) in [5.74, 6) is -1.66. The predicted octanol–water partition coefficient (Wildman–Crippen LogP) is 3.18. The summed E-state index contributed by atoms with van der Waals surface area (Å²) in [6.07, 6.45) is 0. The number of rotatable bonds is 5. The molecule has 0 spiro atoms. The molecule has 0 aromatic heterocycles. The summed E-state index contributed by atoms with van der Waals surface area (Å²) in [6.45, 7) is 1.48. The van der Waals surface area contributed by atoms with Crippen molar-refractivity contribution in [2.24, 2.45) is 0 Å². The van der Waals surface area contributed by atoms with Crippen molar-refractivity contribution < 1.29 is 22.5 Å². The monoisotopic (exact) mass is 343 g/mol. The Labute approximate surface area is 123 Å². The lowest BCUT2D eigenvalue weighted by atomic mass is 10.3. The molecule has 0 aliphatic heterocycles. The number of benzene rings is 1. The third-order valence-electron chi connectivity index (χ3n) is 2.11. The topological polar surface area (TPSA) is 86.5 Å². The van der Waals surface area contributed by atoms with Crippen LogP contribution in [0.1, 0.15) is 6.92 Å². The van der Waals surface area contributed by atoms with Gasteiger partial charge < -0.3 is 4.74 Å². The van der Waals surface area contributed by atoms with Crippen LogP contribution in [0.15, 0.2) is 28.1 Å². The van der Waals surface area contributed by atoms with Crippen LogP contribution in [-0.4, -0.2) is 19.9 Å². The Morgan fingerprint density at radius 2 is 2.15 bits per heavy atom. The highest BCUT2D eigenvalue weighted by Gasteiger charge is 2.25. The molecular weight excluding hydrogens is 336 g/mol. The van der Waals surface area contributed by atoms with Crippen LogP contribution >= 0.6 is 22.3 Å². The van der Waals surface area contributed by atoms with Crippen molar-refractivity contribution in [2.75, 3.05) is 6.61 Å². The van der Waals surface area contributed by atoms with Crippen LogP contribution in [0.4, 0.5) is 10.1 Å². The molecule has 1 aromatic rings. The molecule has 0 aliphatic carbocycles. The van der Waals surface area contributed by atoms with Gasteiger partial charge in [0.25, 0.3) is 9.05 Å². The Bertz CT molecular complexity index is 674. The van der Waals surface area contributed by atoms with Crippen molar-refractivity contribution in [1.29, 1.82) is 0 Å². The molecule has 10 heteroatoms. The maximum absolute atomic E-state index is 13.6. The molecule has 20 heavy (non-hydrogen) atoms. The first-order chi connectivity index (χ1) is 9.16. The van der Waals surface area contributed by atoms with Crippen molar-refractivity contribution in [3.8, 4) is 5.75 Å². The van der Waals surface area contributed by atoms with E-state index in [1.165, 1.54) is 5.54 Å². The van der Waals surface area contributed by atoms with Gasteiger partial charge >= 0.3 is 5.69 Å². The van der Waals surface area contributed by atoms with Gasteiger partial charge in [-0.15, -0.1) is 0 Å². The molecule has 0 saturated carbocycles. The van der Waals surface area contributed by atoms with Crippen LogP contribution in [0.3, 0.4) is 0 Å². The van der Waals surface area contributed by atoms with Gasteiger partial charge in [0.15, 0.2) is 5.75 Å². The minimum atomic E-state index is -4.44. The minimum Gasteiger partial charge on any atom is -0.482 e. The lowest BCUT2D eigenvalue weighted by Gasteiger charge is -2.08. The number of hydrogen-bond acceptors (Lipinski definition) is 5. The fraction of sp³-hybridized carbons (Fsp3) is 0.200. The zero-order valence-corrected chi connectivity index (χ0v) is 12.3. The lowest BCUT2D eigenvalue weighted by molar-refractivity contribution is -0.386. The zero-order chi connectivity index (χ0) is 15.5. The second-order valence-corrected chi connectivity index (χ2v) is 6.44. The molecule has 0 amide bonds. The Hall–Kier alpha value is -1.38. The molecule has 0 bridgehead atoms. The Kier molecular flexibility index (Phi) is 5.32. The summed E-state index contributed by atoms with van der Waals surface area (Å²) in [6, 6.07) is 1.10. The van der Waals surface area contributed by atoms with Crippen LogP contribution in [0.5, 0.6) is 5.75 Å². The molecule has 0 saturated heterocycles. The van der Waals surface area contributed by atoms with E-state index in [-0.39, 0.29) is 6.61 Å². The molecule has 1 aromatic carbocycles. The second-order valence-electron chi connectivity index (χ2n) is 3.69. The van der Waals surface area contributed by atoms with Gasteiger partial charge in [-0.1, -0.05) is 11.6 Å². The van der Waals surface area contributed by atoms with Crippen molar-refractivity contribution in [3.05, 3.63) is 39.2 Å². The number of ether oxygens (including phenoxy) is 1.